The van der Waals surface area contributed by atoms with Gasteiger partial charge in [0.25, 0.3) is 10.0 Å². The van der Waals surface area contributed by atoms with Crippen molar-refractivity contribution >= 4 is 27.3 Å². The van der Waals surface area contributed by atoms with E-state index in [-0.39, 0.29) is 17.2 Å². The van der Waals surface area contributed by atoms with Gasteiger partial charge in [-0.1, -0.05) is 24.3 Å². The molecule has 2 N–H and O–H groups in total. The molecule has 33 heavy (non-hydrogen) atoms. The number of aryl methyl sites for hydroxylation is 1. The van der Waals surface area contributed by atoms with Crippen LogP contribution in [0.2, 0.25) is 0 Å². The quantitative estimate of drug-likeness (QED) is 0.419. The molecule has 0 saturated heterocycles. The highest BCUT2D eigenvalue weighted by molar-refractivity contribution is 7.92. The molecule has 0 fully saturated rings. The zero-order valence-electron chi connectivity index (χ0n) is 18.7. The molecule has 3 aromatic rings. The van der Waals surface area contributed by atoms with E-state index in [1.54, 1.807) is 36.4 Å². The maximum absolute atomic E-state index is 12.5. The average Bonchev–Trinajstić information content (AvgIpc) is 2.80. The fourth-order valence-electron chi connectivity index (χ4n) is 3.17. The second-order valence-corrected chi connectivity index (χ2v) is 8.87. The Bertz CT molecular complexity index is 1160. The summed E-state index contributed by atoms with van der Waals surface area (Å²) in [6, 6.07) is 20.4. The Balaban J connectivity index is 1.57. The summed E-state index contributed by atoms with van der Waals surface area (Å²) in [5.74, 6) is 1.18. The molecule has 0 bridgehead atoms. The van der Waals surface area contributed by atoms with Crippen LogP contribution < -0.4 is 19.5 Å². The zero-order chi connectivity index (χ0) is 23.7. The number of nitrogens with one attached hydrogen (secondary N) is 2. The van der Waals surface area contributed by atoms with Gasteiger partial charge >= 0.3 is 0 Å². The third kappa shape index (κ3) is 6.98. The molecule has 1 amide bonds. The number of rotatable bonds is 11. The van der Waals surface area contributed by atoms with E-state index in [2.05, 4.69) is 10.0 Å². The number of benzene rings is 3. The molecule has 0 aliphatic carbocycles. The van der Waals surface area contributed by atoms with Gasteiger partial charge in [0.2, 0.25) is 5.91 Å². The van der Waals surface area contributed by atoms with Crippen molar-refractivity contribution in [3.63, 3.8) is 0 Å². The Morgan fingerprint density at radius 2 is 1.48 bits per heavy atom. The minimum absolute atomic E-state index is 0.113. The van der Waals surface area contributed by atoms with E-state index in [9.17, 15) is 13.2 Å². The van der Waals surface area contributed by atoms with Gasteiger partial charge in [-0.05, 0) is 74.4 Å². The summed E-state index contributed by atoms with van der Waals surface area (Å²) in [5, 5.41) is 2.80. The summed E-state index contributed by atoms with van der Waals surface area (Å²) >= 11 is 0. The number of para-hydroxylation sites is 1. The van der Waals surface area contributed by atoms with Crippen molar-refractivity contribution in [3.05, 3.63) is 78.4 Å². The molecule has 3 rings (SSSR count). The summed E-state index contributed by atoms with van der Waals surface area (Å²) in [6.45, 7) is 4.89. The lowest BCUT2D eigenvalue weighted by Crippen LogP contribution is -2.14. The van der Waals surface area contributed by atoms with Crippen molar-refractivity contribution in [3.8, 4) is 11.5 Å². The summed E-state index contributed by atoms with van der Waals surface area (Å²) in [5.41, 5.74) is 1.97. The predicted molar refractivity (Wildman–Crippen MR) is 129 cm³/mol. The van der Waals surface area contributed by atoms with Gasteiger partial charge in [-0.3, -0.25) is 9.52 Å². The normalized spacial score (nSPS) is 11.0. The molecule has 3 aromatic carbocycles. The molecule has 8 heteroatoms. The number of carbonyl (C=O) groups is 1. The van der Waals surface area contributed by atoms with Crippen molar-refractivity contribution in [2.45, 2.75) is 31.6 Å². The lowest BCUT2D eigenvalue weighted by Gasteiger charge is -2.12. The molecule has 174 valence electrons. The Morgan fingerprint density at radius 3 is 2.15 bits per heavy atom. The number of hydrogen-bond donors (Lipinski definition) is 2. The van der Waals surface area contributed by atoms with Crippen LogP contribution in [-0.2, 0) is 21.2 Å². The summed E-state index contributed by atoms with van der Waals surface area (Å²) < 4.78 is 38.7. The Labute approximate surface area is 194 Å². The number of hydrogen-bond acceptors (Lipinski definition) is 5. The molecule has 0 aliphatic heterocycles. The molecule has 0 heterocycles. The number of anilines is 2. The molecular formula is C25H28N2O5S. The number of carbonyl (C=O) groups excluding carboxylic acids is 1. The van der Waals surface area contributed by atoms with Crippen molar-refractivity contribution in [2.24, 2.45) is 0 Å². The van der Waals surface area contributed by atoms with Crippen LogP contribution in [0.4, 0.5) is 11.4 Å². The van der Waals surface area contributed by atoms with Crippen molar-refractivity contribution in [1.29, 1.82) is 0 Å². The molecule has 0 aromatic heterocycles. The molecule has 0 aliphatic rings. The van der Waals surface area contributed by atoms with E-state index in [1.807, 2.05) is 38.1 Å². The second-order valence-electron chi connectivity index (χ2n) is 7.19. The van der Waals surface area contributed by atoms with Gasteiger partial charge in [0.1, 0.15) is 0 Å². The van der Waals surface area contributed by atoms with Crippen LogP contribution >= 0.6 is 0 Å². The van der Waals surface area contributed by atoms with Crippen LogP contribution in [0.1, 0.15) is 25.8 Å². The minimum atomic E-state index is -3.71. The third-order valence-electron chi connectivity index (χ3n) is 4.72. The second kappa shape index (κ2) is 11.4. The maximum Gasteiger partial charge on any atom is 0.261 e. The number of ether oxygens (including phenoxy) is 2. The van der Waals surface area contributed by atoms with Crippen LogP contribution in [0.25, 0.3) is 0 Å². The van der Waals surface area contributed by atoms with E-state index in [0.717, 1.165) is 5.56 Å². The first-order valence-electron chi connectivity index (χ1n) is 10.8. The van der Waals surface area contributed by atoms with E-state index in [1.165, 1.54) is 12.1 Å². The first kappa shape index (κ1) is 24.1. The molecule has 7 nitrogen and oxygen atoms in total. The van der Waals surface area contributed by atoms with Gasteiger partial charge in [0.15, 0.2) is 11.5 Å². The van der Waals surface area contributed by atoms with E-state index in [0.29, 0.717) is 42.5 Å². The molecule has 0 unspecified atom stereocenters. The largest absolute Gasteiger partial charge is 0.490 e. The smallest absolute Gasteiger partial charge is 0.261 e. The van der Waals surface area contributed by atoms with Gasteiger partial charge in [-0.25, -0.2) is 8.42 Å². The van der Waals surface area contributed by atoms with E-state index >= 15 is 0 Å². The molecule has 0 spiro atoms. The fourth-order valence-corrected chi connectivity index (χ4v) is 4.23. The zero-order valence-corrected chi connectivity index (χ0v) is 19.5. The van der Waals surface area contributed by atoms with Crippen molar-refractivity contribution < 1.29 is 22.7 Å². The van der Waals surface area contributed by atoms with Crippen LogP contribution in [0.5, 0.6) is 11.5 Å². The first-order chi connectivity index (χ1) is 15.9. The number of sulfonamides is 1. The van der Waals surface area contributed by atoms with E-state index < -0.39 is 10.0 Å². The summed E-state index contributed by atoms with van der Waals surface area (Å²) in [6.07, 6.45) is 0.806. The predicted octanol–water partition coefficient (Wildman–Crippen LogP) is 4.86. The van der Waals surface area contributed by atoms with Gasteiger partial charge in [-0.15, -0.1) is 0 Å². The van der Waals surface area contributed by atoms with Gasteiger partial charge < -0.3 is 14.8 Å². The number of amides is 1. The minimum Gasteiger partial charge on any atom is -0.490 e. The van der Waals surface area contributed by atoms with Crippen LogP contribution in [-0.4, -0.2) is 27.5 Å². The highest BCUT2D eigenvalue weighted by Gasteiger charge is 2.14. The standard InChI is InChI=1S/C25H28N2O5S/c1-3-31-23-16-10-19(18-24(23)32-4-2)11-17-25(28)26-20-12-14-22(15-13-20)33(29,30)27-21-8-6-5-7-9-21/h5-10,12-16,18,27H,3-4,11,17H2,1-2H3,(H,26,28). The van der Waals surface area contributed by atoms with Crippen molar-refractivity contribution in [1.82, 2.24) is 0 Å². The van der Waals surface area contributed by atoms with Crippen LogP contribution in [0.15, 0.2) is 77.7 Å². The van der Waals surface area contributed by atoms with Gasteiger partial charge in [0.05, 0.1) is 18.1 Å². The highest BCUT2D eigenvalue weighted by Crippen LogP contribution is 2.29. The van der Waals surface area contributed by atoms with Crippen LogP contribution in [0.3, 0.4) is 0 Å². The van der Waals surface area contributed by atoms with Gasteiger partial charge in [-0.2, -0.15) is 0 Å². The third-order valence-corrected chi connectivity index (χ3v) is 6.12. The van der Waals surface area contributed by atoms with Gasteiger partial charge in [0, 0.05) is 17.8 Å². The summed E-state index contributed by atoms with van der Waals surface area (Å²) in [4.78, 5) is 12.5. The monoisotopic (exact) mass is 468 g/mol. The highest BCUT2D eigenvalue weighted by atomic mass is 32.2. The Morgan fingerprint density at radius 1 is 0.818 bits per heavy atom. The Hall–Kier alpha value is -3.52. The molecule has 0 atom stereocenters. The fraction of sp³-hybridized carbons (Fsp3) is 0.240. The maximum atomic E-state index is 12.5. The van der Waals surface area contributed by atoms with Crippen LogP contribution in [0, 0.1) is 0 Å². The average molecular weight is 469 g/mol. The topological polar surface area (TPSA) is 93.7 Å². The molecule has 0 saturated carbocycles. The Kier molecular flexibility index (Phi) is 8.32. The van der Waals surface area contributed by atoms with Crippen molar-refractivity contribution in [2.75, 3.05) is 23.3 Å². The molecule has 0 radical (unpaired) electrons. The lowest BCUT2D eigenvalue weighted by molar-refractivity contribution is -0.116. The lowest BCUT2D eigenvalue weighted by atomic mass is 10.1. The van der Waals surface area contributed by atoms with E-state index in [4.69, 9.17) is 9.47 Å². The first-order valence-corrected chi connectivity index (χ1v) is 12.3. The summed E-state index contributed by atoms with van der Waals surface area (Å²) in [7, 11) is -3.71. The SMILES string of the molecule is CCOc1ccc(CCC(=O)Nc2ccc(S(=O)(=O)Nc3ccccc3)cc2)cc1OCC. The molecular weight excluding hydrogens is 440 g/mol.